The van der Waals surface area contributed by atoms with E-state index in [1.165, 1.54) is 4.90 Å². The van der Waals surface area contributed by atoms with Gasteiger partial charge >= 0.3 is 0 Å². The van der Waals surface area contributed by atoms with Crippen LogP contribution in [0.3, 0.4) is 0 Å². The van der Waals surface area contributed by atoms with Crippen molar-refractivity contribution in [2.75, 3.05) is 4.90 Å². The summed E-state index contributed by atoms with van der Waals surface area (Å²) in [4.78, 5) is 27.5. The van der Waals surface area contributed by atoms with Crippen molar-refractivity contribution >= 4 is 39.1 Å². The van der Waals surface area contributed by atoms with Crippen LogP contribution in [-0.2, 0) is 16.0 Å². The summed E-state index contributed by atoms with van der Waals surface area (Å²) in [6.45, 7) is 2.05. The van der Waals surface area contributed by atoms with Gasteiger partial charge in [0.15, 0.2) is 0 Å². The highest BCUT2D eigenvalue weighted by molar-refractivity contribution is 9.10. The Morgan fingerprint density at radius 3 is 2.17 bits per heavy atom. The standard InChI is InChI=1S/C25H20BrNO3/c1-2-16-8-10-18(11-9-16)23(28)21-22(17-12-14-19(26)15-13-17)27(25(30)24(21)29)20-6-4-3-5-7-20/h3-15,22,28H,2H2,1H3/b23-21-. The Balaban J connectivity index is 1.91. The van der Waals surface area contributed by atoms with E-state index in [9.17, 15) is 14.7 Å². The smallest absolute Gasteiger partial charge is 0.300 e. The zero-order valence-electron chi connectivity index (χ0n) is 16.4. The minimum Gasteiger partial charge on any atom is -0.507 e. The topological polar surface area (TPSA) is 57.6 Å². The maximum Gasteiger partial charge on any atom is 0.300 e. The lowest BCUT2D eigenvalue weighted by Crippen LogP contribution is -2.29. The largest absolute Gasteiger partial charge is 0.507 e. The molecule has 5 heteroatoms. The van der Waals surface area contributed by atoms with Crippen molar-refractivity contribution in [1.29, 1.82) is 0 Å². The Bertz CT molecular complexity index is 1120. The molecule has 3 aromatic carbocycles. The Morgan fingerprint density at radius 2 is 1.57 bits per heavy atom. The van der Waals surface area contributed by atoms with E-state index in [2.05, 4.69) is 15.9 Å². The van der Waals surface area contributed by atoms with Gasteiger partial charge in [-0.05, 0) is 41.8 Å². The molecule has 1 saturated heterocycles. The Morgan fingerprint density at radius 1 is 0.933 bits per heavy atom. The zero-order chi connectivity index (χ0) is 21.3. The van der Waals surface area contributed by atoms with E-state index < -0.39 is 17.7 Å². The number of hydrogen-bond acceptors (Lipinski definition) is 3. The Labute approximate surface area is 183 Å². The van der Waals surface area contributed by atoms with Crippen LogP contribution in [0.15, 0.2) is 88.9 Å². The van der Waals surface area contributed by atoms with E-state index in [0.717, 1.165) is 22.0 Å². The maximum atomic E-state index is 13.1. The van der Waals surface area contributed by atoms with Crippen molar-refractivity contribution < 1.29 is 14.7 Å². The molecular weight excluding hydrogens is 442 g/mol. The molecular formula is C25H20BrNO3. The molecule has 0 bridgehead atoms. The molecule has 1 heterocycles. The second-order valence-corrected chi connectivity index (χ2v) is 8.02. The number of hydrogen-bond donors (Lipinski definition) is 1. The molecule has 4 nitrogen and oxygen atoms in total. The summed E-state index contributed by atoms with van der Waals surface area (Å²) < 4.78 is 0.887. The monoisotopic (exact) mass is 461 g/mol. The average Bonchev–Trinajstić information content (AvgIpc) is 3.05. The number of aryl methyl sites for hydroxylation is 1. The first-order chi connectivity index (χ1) is 14.5. The van der Waals surface area contributed by atoms with Gasteiger partial charge in [0.1, 0.15) is 5.76 Å². The fourth-order valence-corrected chi connectivity index (χ4v) is 3.97. The van der Waals surface area contributed by atoms with Gasteiger partial charge in [-0.1, -0.05) is 77.5 Å². The zero-order valence-corrected chi connectivity index (χ0v) is 18.0. The van der Waals surface area contributed by atoms with Crippen LogP contribution in [0.5, 0.6) is 0 Å². The Hall–Kier alpha value is -3.18. The third kappa shape index (κ3) is 3.57. The number of nitrogens with zero attached hydrogens (tertiary/aromatic N) is 1. The van der Waals surface area contributed by atoms with Crippen LogP contribution in [0.1, 0.15) is 29.7 Å². The first-order valence-electron chi connectivity index (χ1n) is 9.72. The number of Topliss-reactive ketones (excluding diaryl/α,β-unsaturated/α-hetero) is 1. The molecule has 1 atom stereocenters. The molecule has 4 rings (SSSR count). The van der Waals surface area contributed by atoms with Crippen molar-refractivity contribution in [3.05, 3.63) is 106 Å². The lowest BCUT2D eigenvalue weighted by atomic mass is 9.95. The van der Waals surface area contributed by atoms with Crippen LogP contribution < -0.4 is 4.90 Å². The number of ketones is 1. The third-order valence-electron chi connectivity index (χ3n) is 5.30. The lowest BCUT2D eigenvalue weighted by Gasteiger charge is -2.25. The van der Waals surface area contributed by atoms with E-state index in [1.54, 1.807) is 24.3 Å². The third-order valence-corrected chi connectivity index (χ3v) is 5.83. The van der Waals surface area contributed by atoms with Gasteiger partial charge < -0.3 is 5.11 Å². The number of anilines is 1. The van der Waals surface area contributed by atoms with Gasteiger partial charge in [-0.3, -0.25) is 14.5 Å². The number of carbonyl (C=O) groups excluding carboxylic acids is 2. The van der Waals surface area contributed by atoms with Gasteiger partial charge in [0, 0.05) is 15.7 Å². The first kappa shape index (κ1) is 20.1. The van der Waals surface area contributed by atoms with Crippen LogP contribution in [0.25, 0.3) is 5.76 Å². The lowest BCUT2D eigenvalue weighted by molar-refractivity contribution is -0.132. The van der Waals surface area contributed by atoms with E-state index in [4.69, 9.17) is 0 Å². The number of para-hydroxylation sites is 1. The first-order valence-corrected chi connectivity index (χ1v) is 10.5. The molecule has 30 heavy (non-hydrogen) atoms. The van der Waals surface area contributed by atoms with E-state index in [1.807, 2.05) is 61.5 Å². The fourth-order valence-electron chi connectivity index (χ4n) is 3.70. The molecule has 0 saturated carbocycles. The normalized spacial score (nSPS) is 18.1. The van der Waals surface area contributed by atoms with Crippen molar-refractivity contribution in [3.63, 3.8) is 0 Å². The molecule has 1 unspecified atom stereocenters. The SMILES string of the molecule is CCc1ccc(/C(O)=C2/C(=O)C(=O)N(c3ccccc3)C2c2ccc(Br)cc2)cc1. The molecule has 0 aliphatic carbocycles. The summed E-state index contributed by atoms with van der Waals surface area (Å²) in [7, 11) is 0. The number of rotatable bonds is 4. The quantitative estimate of drug-likeness (QED) is 0.310. The minimum absolute atomic E-state index is 0.0930. The van der Waals surface area contributed by atoms with Crippen molar-refractivity contribution in [3.8, 4) is 0 Å². The van der Waals surface area contributed by atoms with E-state index in [0.29, 0.717) is 11.3 Å². The molecule has 1 N–H and O–H groups in total. The molecule has 1 amide bonds. The summed E-state index contributed by atoms with van der Waals surface area (Å²) in [5.74, 6) is -1.51. The van der Waals surface area contributed by atoms with Gasteiger partial charge in [0.05, 0.1) is 11.6 Å². The van der Waals surface area contributed by atoms with Crippen molar-refractivity contribution in [1.82, 2.24) is 0 Å². The number of carbonyl (C=O) groups is 2. The summed E-state index contributed by atoms with van der Waals surface area (Å²) in [6, 6.07) is 23.1. The number of halogens is 1. The van der Waals surface area contributed by atoms with Gasteiger partial charge in [0.2, 0.25) is 0 Å². The minimum atomic E-state index is -0.716. The highest BCUT2D eigenvalue weighted by Crippen LogP contribution is 2.42. The molecule has 0 aromatic heterocycles. The van der Waals surface area contributed by atoms with Gasteiger partial charge in [-0.15, -0.1) is 0 Å². The maximum absolute atomic E-state index is 13.1. The number of aliphatic hydroxyl groups is 1. The molecule has 1 aliphatic heterocycles. The Kier molecular flexibility index (Phi) is 5.55. The molecule has 1 fully saturated rings. The second-order valence-electron chi connectivity index (χ2n) is 7.11. The van der Waals surface area contributed by atoms with E-state index in [-0.39, 0.29) is 11.3 Å². The van der Waals surface area contributed by atoms with Crippen LogP contribution in [0.4, 0.5) is 5.69 Å². The number of benzene rings is 3. The summed E-state index contributed by atoms with van der Waals surface area (Å²) in [5, 5.41) is 11.1. The number of aliphatic hydroxyl groups excluding tert-OH is 1. The fraction of sp³-hybridized carbons (Fsp3) is 0.120. The van der Waals surface area contributed by atoms with Gasteiger partial charge in [0.25, 0.3) is 11.7 Å². The summed E-state index contributed by atoms with van der Waals surface area (Å²) in [6.07, 6.45) is 0.873. The van der Waals surface area contributed by atoms with Crippen molar-refractivity contribution in [2.45, 2.75) is 19.4 Å². The van der Waals surface area contributed by atoms with Gasteiger partial charge in [-0.2, -0.15) is 0 Å². The molecule has 0 radical (unpaired) electrons. The van der Waals surface area contributed by atoms with Crippen LogP contribution in [-0.4, -0.2) is 16.8 Å². The van der Waals surface area contributed by atoms with Crippen LogP contribution >= 0.6 is 15.9 Å². The van der Waals surface area contributed by atoms with Crippen LogP contribution in [0, 0.1) is 0 Å². The predicted octanol–water partition coefficient (Wildman–Crippen LogP) is 5.64. The van der Waals surface area contributed by atoms with Gasteiger partial charge in [-0.25, -0.2) is 0 Å². The second kappa shape index (κ2) is 8.28. The van der Waals surface area contributed by atoms with Crippen LogP contribution in [0.2, 0.25) is 0 Å². The molecule has 150 valence electrons. The predicted molar refractivity (Wildman–Crippen MR) is 121 cm³/mol. The van der Waals surface area contributed by atoms with Crippen molar-refractivity contribution in [2.24, 2.45) is 0 Å². The highest BCUT2D eigenvalue weighted by atomic mass is 79.9. The molecule has 1 aliphatic rings. The number of amides is 1. The summed E-state index contributed by atoms with van der Waals surface area (Å²) in [5.41, 5.74) is 3.08. The average molecular weight is 462 g/mol. The molecule has 0 spiro atoms. The summed E-state index contributed by atoms with van der Waals surface area (Å²) >= 11 is 3.42. The van der Waals surface area contributed by atoms with E-state index >= 15 is 0 Å². The highest BCUT2D eigenvalue weighted by Gasteiger charge is 2.46. The molecule has 3 aromatic rings.